The van der Waals surface area contributed by atoms with Crippen molar-refractivity contribution in [2.24, 2.45) is 5.92 Å². The molecule has 0 saturated carbocycles. The Labute approximate surface area is 114 Å². The van der Waals surface area contributed by atoms with E-state index in [1.54, 1.807) is 4.90 Å². The van der Waals surface area contributed by atoms with Gasteiger partial charge in [0.25, 0.3) is 0 Å². The summed E-state index contributed by atoms with van der Waals surface area (Å²) in [7, 11) is 1.39. The Morgan fingerprint density at radius 2 is 2.00 bits per heavy atom. The van der Waals surface area contributed by atoms with E-state index in [0.717, 1.165) is 38.6 Å². The number of carbonyl (C=O) groups is 2. The number of amides is 1. The summed E-state index contributed by atoms with van der Waals surface area (Å²) < 4.78 is 4.83. The molecule has 2 aliphatic heterocycles. The third-order valence-electron chi connectivity index (χ3n) is 4.29. The molecule has 2 fully saturated rings. The summed E-state index contributed by atoms with van der Waals surface area (Å²) in [6.45, 7) is 3.66. The lowest BCUT2D eigenvalue weighted by molar-refractivity contribution is -0.156. The molecule has 0 aromatic carbocycles. The number of esters is 1. The van der Waals surface area contributed by atoms with Crippen LogP contribution in [-0.2, 0) is 14.3 Å². The van der Waals surface area contributed by atoms with Crippen molar-refractivity contribution < 1.29 is 14.3 Å². The second-order valence-electron chi connectivity index (χ2n) is 5.62. The highest BCUT2D eigenvalue weighted by Crippen LogP contribution is 2.23. The number of nitrogens with zero attached hydrogens (tertiary/aromatic N) is 1. The van der Waals surface area contributed by atoms with Crippen LogP contribution >= 0.6 is 0 Å². The third-order valence-corrected chi connectivity index (χ3v) is 4.29. The van der Waals surface area contributed by atoms with E-state index < -0.39 is 0 Å². The Hall–Kier alpha value is -1.10. The second kappa shape index (κ2) is 6.37. The fourth-order valence-electron chi connectivity index (χ4n) is 3.14. The number of rotatable bonds is 2. The Balaban J connectivity index is 2.08. The van der Waals surface area contributed by atoms with Gasteiger partial charge in [0.15, 0.2) is 0 Å². The Morgan fingerprint density at radius 1 is 1.21 bits per heavy atom. The van der Waals surface area contributed by atoms with Crippen LogP contribution in [0.1, 0.15) is 39.0 Å². The normalized spacial score (nSPS) is 31.9. The number of hydrogen-bond acceptors (Lipinski definition) is 4. The maximum absolute atomic E-state index is 12.7. The quantitative estimate of drug-likeness (QED) is 0.757. The first kappa shape index (κ1) is 14.3. The summed E-state index contributed by atoms with van der Waals surface area (Å²) in [5.41, 5.74) is 0. The molecule has 0 bridgehead atoms. The Kier molecular flexibility index (Phi) is 4.80. The Morgan fingerprint density at radius 3 is 2.68 bits per heavy atom. The maximum Gasteiger partial charge on any atom is 0.328 e. The van der Waals surface area contributed by atoms with Crippen molar-refractivity contribution in [3.8, 4) is 0 Å². The average molecular weight is 268 g/mol. The molecular formula is C14H24N2O3. The highest BCUT2D eigenvalue weighted by Gasteiger charge is 2.38. The molecule has 0 aliphatic carbocycles. The second-order valence-corrected chi connectivity index (χ2v) is 5.62. The smallest absolute Gasteiger partial charge is 0.328 e. The highest BCUT2D eigenvalue weighted by molar-refractivity contribution is 5.88. The first-order valence-corrected chi connectivity index (χ1v) is 7.27. The van der Waals surface area contributed by atoms with E-state index in [1.165, 1.54) is 7.11 Å². The predicted molar refractivity (Wildman–Crippen MR) is 71.6 cm³/mol. The van der Waals surface area contributed by atoms with Crippen molar-refractivity contribution >= 4 is 11.9 Å². The number of hydrogen-bond donors (Lipinski definition) is 1. The maximum atomic E-state index is 12.7. The monoisotopic (exact) mass is 268 g/mol. The molecule has 1 N–H and O–H groups in total. The number of ether oxygens (including phenoxy) is 1. The lowest BCUT2D eigenvalue weighted by Crippen LogP contribution is -2.57. The van der Waals surface area contributed by atoms with Gasteiger partial charge in [-0.3, -0.25) is 4.79 Å². The van der Waals surface area contributed by atoms with Gasteiger partial charge in [-0.15, -0.1) is 0 Å². The van der Waals surface area contributed by atoms with Crippen LogP contribution in [0.25, 0.3) is 0 Å². The zero-order valence-electron chi connectivity index (χ0n) is 11.9. The van der Waals surface area contributed by atoms with Crippen molar-refractivity contribution in [3.05, 3.63) is 0 Å². The van der Waals surface area contributed by atoms with Gasteiger partial charge in [0.2, 0.25) is 5.91 Å². The van der Waals surface area contributed by atoms with Gasteiger partial charge in [-0.1, -0.05) is 6.92 Å². The van der Waals surface area contributed by atoms with Gasteiger partial charge < -0.3 is 15.0 Å². The molecule has 5 nitrogen and oxygen atoms in total. The molecule has 2 saturated heterocycles. The minimum atomic E-state index is -0.387. The molecule has 0 spiro atoms. The van der Waals surface area contributed by atoms with E-state index in [-0.39, 0.29) is 24.0 Å². The standard InChI is InChI=1S/C14H24N2O3/c1-10-6-5-8-15-12(10)13(17)16-9-4-3-7-11(16)14(18)19-2/h10-12,15H,3-9H2,1-2H3. The molecule has 0 aromatic rings. The molecule has 108 valence electrons. The summed E-state index contributed by atoms with van der Waals surface area (Å²) in [5, 5.41) is 3.30. The zero-order valence-corrected chi connectivity index (χ0v) is 11.9. The molecule has 2 heterocycles. The molecule has 3 atom stereocenters. The van der Waals surface area contributed by atoms with Crippen molar-refractivity contribution in [2.75, 3.05) is 20.2 Å². The van der Waals surface area contributed by atoms with Crippen LogP contribution in [0.3, 0.4) is 0 Å². The van der Waals surface area contributed by atoms with Crippen LogP contribution in [0.4, 0.5) is 0 Å². The lowest BCUT2D eigenvalue weighted by atomic mass is 9.90. The van der Waals surface area contributed by atoms with E-state index in [4.69, 9.17) is 4.74 Å². The molecule has 0 aromatic heterocycles. The number of methoxy groups -OCH3 is 1. The summed E-state index contributed by atoms with van der Waals surface area (Å²) in [5.74, 6) is 0.125. The van der Waals surface area contributed by atoms with Crippen molar-refractivity contribution in [2.45, 2.75) is 51.1 Å². The van der Waals surface area contributed by atoms with Crippen molar-refractivity contribution in [1.82, 2.24) is 10.2 Å². The van der Waals surface area contributed by atoms with Gasteiger partial charge in [0, 0.05) is 6.54 Å². The van der Waals surface area contributed by atoms with Gasteiger partial charge in [0.1, 0.15) is 6.04 Å². The number of piperidine rings is 2. The molecule has 5 heteroatoms. The topological polar surface area (TPSA) is 58.6 Å². The third kappa shape index (κ3) is 3.08. The fraction of sp³-hybridized carbons (Fsp3) is 0.857. The molecule has 2 aliphatic rings. The van der Waals surface area contributed by atoms with Gasteiger partial charge in [-0.25, -0.2) is 4.79 Å². The van der Waals surface area contributed by atoms with Gasteiger partial charge in [-0.2, -0.15) is 0 Å². The SMILES string of the molecule is COC(=O)C1CCCCN1C(=O)C1NCCCC1C. The molecule has 0 radical (unpaired) electrons. The van der Waals surface area contributed by atoms with E-state index in [2.05, 4.69) is 12.2 Å². The largest absolute Gasteiger partial charge is 0.467 e. The average Bonchev–Trinajstić information content (AvgIpc) is 2.46. The summed E-state index contributed by atoms with van der Waals surface area (Å²) in [4.78, 5) is 26.2. The molecule has 3 unspecified atom stereocenters. The molecule has 2 rings (SSSR count). The van der Waals surface area contributed by atoms with Gasteiger partial charge >= 0.3 is 5.97 Å². The van der Waals surface area contributed by atoms with Crippen LogP contribution in [0.15, 0.2) is 0 Å². The van der Waals surface area contributed by atoms with Crippen LogP contribution in [-0.4, -0.2) is 49.1 Å². The first-order valence-electron chi connectivity index (χ1n) is 7.27. The summed E-state index contributed by atoms with van der Waals surface area (Å²) in [6, 6.07) is -0.527. The van der Waals surface area contributed by atoms with E-state index in [1.807, 2.05) is 0 Å². The fourth-order valence-corrected chi connectivity index (χ4v) is 3.14. The van der Waals surface area contributed by atoms with Gasteiger partial charge in [0.05, 0.1) is 13.2 Å². The van der Waals surface area contributed by atoms with Crippen LogP contribution in [0, 0.1) is 5.92 Å². The van der Waals surface area contributed by atoms with Crippen molar-refractivity contribution in [3.63, 3.8) is 0 Å². The number of carbonyl (C=O) groups excluding carboxylic acids is 2. The zero-order chi connectivity index (χ0) is 13.8. The van der Waals surface area contributed by atoms with Gasteiger partial charge in [-0.05, 0) is 44.6 Å². The van der Waals surface area contributed by atoms with Crippen LogP contribution in [0.2, 0.25) is 0 Å². The number of nitrogens with one attached hydrogen (secondary N) is 1. The van der Waals surface area contributed by atoms with Crippen LogP contribution in [0.5, 0.6) is 0 Å². The minimum Gasteiger partial charge on any atom is -0.467 e. The molecular weight excluding hydrogens is 244 g/mol. The Bertz CT molecular complexity index is 346. The number of likely N-dealkylation sites (tertiary alicyclic amines) is 1. The molecule has 1 amide bonds. The van der Waals surface area contributed by atoms with E-state index in [9.17, 15) is 9.59 Å². The van der Waals surface area contributed by atoms with Crippen molar-refractivity contribution in [1.29, 1.82) is 0 Å². The predicted octanol–water partition coefficient (Wildman–Crippen LogP) is 0.929. The van der Waals surface area contributed by atoms with E-state index in [0.29, 0.717) is 12.5 Å². The lowest BCUT2D eigenvalue weighted by Gasteiger charge is -2.39. The first-order chi connectivity index (χ1) is 9.15. The van der Waals surface area contributed by atoms with Crippen LogP contribution < -0.4 is 5.32 Å². The summed E-state index contributed by atoms with van der Waals surface area (Å²) >= 11 is 0. The minimum absolute atomic E-state index is 0.0716. The summed E-state index contributed by atoms with van der Waals surface area (Å²) in [6.07, 6.45) is 4.86. The van der Waals surface area contributed by atoms with E-state index >= 15 is 0 Å². The highest BCUT2D eigenvalue weighted by atomic mass is 16.5. The molecule has 19 heavy (non-hydrogen) atoms.